The van der Waals surface area contributed by atoms with Gasteiger partial charge in [-0.3, -0.25) is 9.36 Å². The lowest BCUT2D eigenvalue weighted by atomic mass is 9.96. The van der Waals surface area contributed by atoms with Gasteiger partial charge in [0, 0.05) is 11.6 Å². The molecule has 2 N–H and O–H groups in total. The van der Waals surface area contributed by atoms with E-state index >= 15 is 0 Å². The highest BCUT2D eigenvalue weighted by Gasteiger charge is 2.33. The van der Waals surface area contributed by atoms with Crippen LogP contribution >= 0.6 is 11.3 Å². The van der Waals surface area contributed by atoms with Crippen LogP contribution in [0.3, 0.4) is 0 Å². The number of carbonyl (C=O) groups is 3. The Labute approximate surface area is 248 Å². The number of hydrogen-bond acceptors (Lipinski definition) is 9. The van der Waals surface area contributed by atoms with Gasteiger partial charge < -0.3 is 24.1 Å². The summed E-state index contributed by atoms with van der Waals surface area (Å²) in [5.74, 6) is -1.99. The molecule has 12 heteroatoms. The van der Waals surface area contributed by atoms with Crippen molar-refractivity contribution in [1.82, 2.24) is 4.57 Å². The molecule has 220 valence electrons. The minimum absolute atomic E-state index is 0.153. The maximum Gasteiger partial charge on any atom is 0.338 e. The van der Waals surface area contributed by atoms with Gasteiger partial charge in [-0.15, -0.1) is 0 Å². The number of thiazole rings is 1. The van der Waals surface area contributed by atoms with Crippen molar-refractivity contribution in [3.8, 4) is 17.1 Å². The van der Waals surface area contributed by atoms with E-state index in [0.717, 1.165) is 17.4 Å². The Bertz CT molecular complexity index is 1930. The highest BCUT2D eigenvalue weighted by molar-refractivity contribution is 7.07. The summed E-state index contributed by atoms with van der Waals surface area (Å²) in [4.78, 5) is 54.9. The molecule has 5 rings (SSSR count). The zero-order chi connectivity index (χ0) is 30.8. The Balaban J connectivity index is 1.61. The molecule has 0 saturated carbocycles. The number of nitrogens with zero attached hydrogens (tertiary/aromatic N) is 2. The van der Waals surface area contributed by atoms with Crippen molar-refractivity contribution in [3.63, 3.8) is 0 Å². The minimum atomic E-state index is -1.28. The molecule has 0 spiro atoms. The number of allylic oxidation sites excluding steroid dienone is 1. The average Bonchev–Trinajstić information content (AvgIpc) is 3.57. The predicted octanol–water partition coefficient (Wildman–Crippen LogP) is 3.85. The number of esters is 1. The number of rotatable bonds is 9. The van der Waals surface area contributed by atoms with Crippen LogP contribution < -0.4 is 19.6 Å². The van der Waals surface area contributed by atoms with Gasteiger partial charge in [0.05, 0.1) is 46.2 Å². The van der Waals surface area contributed by atoms with Crippen molar-refractivity contribution in [2.75, 3.05) is 13.2 Å². The fraction of sp³-hybridized carbons (Fsp3) is 0.194. The van der Waals surface area contributed by atoms with Crippen molar-refractivity contribution < 1.29 is 38.5 Å². The number of carboxylic acid groups (broad SMARTS) is 2. The number of aromatic nitrogens is 1. The van der Waals surface area contributed by atoms with E-state index in [9.17, 15) is 29.4 Å². The highest BCUT2D eigenvalue weighted by atomic mass is 32.1. The summed E-state index contributed by atoms with van der Waals surface area (Å²) in [6, 6.07) is 13.1. The average molecular weight is 603 g/mol. The van der Waals surface area contributed by atoms with Crippen LogP contribution in [0.5, 0.6) is 5.75 Å². The molecule has 1 aliphatic heterocycles. The van der Waals surface area contributed by atoms with Crippen molar-refractivity contribution in [1.29, 1.82) is 0 Å². The Morgan fingerprint density at radius 1 is 1.00 bits per heavy atom. The lowest BCUT2D eigenvalue weighted by molar-refractivity contribution is -0.139. The summed E-state index contributed by atoms with van der Waals surface area (Å²) >= 11 is 1.12. The second kappa shape index (κ2) is 11.9. The number of furan rings is 1. The molecule has 4 aromatic rings. The Kier molecular flexibility index (Phi) is 8.13. The smallest absolute Gasteiger partial charge is 0.338 e. The Hall–Kier alpha value is -5.23. The Morgan fingerprint density at radius 2 is 1.67 bits per heavy atom. The quantitative estimate of drug-likeness (QED) is 0.272. The van der Waals surface area contributed by atoms with Gasteiger partial charge in [-0.1, -0.05) is 23.5 Å². The molecule has 0 bridgehead atoms. The fourth-order valence-electron chi connectivity index (χ4n) is 4.75. The highest BCUT2D eigenvalue weighted by Crippen LogP contribution is 2.32. The van der Waals surface area contributed by atoms with E-state index < -0.39 is 29.5 Å². The standard InChI is InChI=1S/C31H26N2O9S/c1-4-40-21-8-6-17(7-9-21)26-25(30(39)41-5-2)16(3)32-31-33(26)27(34)24(43-31)15-22-10-11-23(42-22)18-12-19(28(35)36)14-20(13-18)29(37)38/h6-15,26H,4-5H2,1-3H3,(H,35,36)(H,37,38)/b24-15-/t26-/m1/s1. The number of fused-ring (bicyclic) bond motifs is 1. The minimum Gasteiger partial charge on any atom is -0.494 e. The normalized spacial score (nSPS) is 14.7. The van der Waals surface area contributed by atoms with E-state index in [1.165, 1.54) is 22.8 Å². The number of carboxylic acids is 2. The molecule has 1 aliphatic rings. The molecular weight excluding hydrogens is 576 g/mol. The molecule has 0 amide bonds. The Morgan fingerprint density at radius 3 is 2.28 bits per heavy atom. The van der Waals surface area contributed by atoms with Crippen LogP contribution in [0.4, 0.5) is 0 Å². The topological polar surface area (TPSA) is 158 Å². The number of benzene rings is 2. The zero-order valence-corrected chi connectivity index (χ0v) is 24.1. The third kappa shape index (κ3) is 5.77. The SMILES string of the molecule is CCOC(=O)C1=C(C)N=c2s/c(=C\c3ccc(-c4cc(C(=O)O)cc(C(=O)O)c4)o3)c(=O)n2[C@@H]1c1ccc(OCC)cc1. The van der Waals surface area contributed by atoms with Gasteiger partial charge in [0.25, 0.3) is 5.56 Å². The maximum atomic E-state index is 13.8. The monoisotopic (exact) mass is 602 g/mol. The van der Waals surface area contributed by atoms with Crippen molar-refractivity contribution in [2.45, 2.75) is 26.8 Å². The summed E-state index contributed by atoms with van der Waals surface area (Å²) in [6.45, 7) is 5.91. The molecule has 2 aromatic carbocycles. The third-order valence-electron chi connectivity index (χ3n) is 6.64. The molecule has 11 nitrogen and oxygen atoms in total. The number of hydrogen-bond donors (Lipinski definition) is 2. The third-order valence-corrected chi connectivity index (χ3v) is 7.62. The van der Waals surface area contributed by atoms with Gasteiger partial charge in [0.1, 0.15) is 17.3 Å². The first-order chi connectivity index (χ1) is 20.6. The van der Waals surface area contributed by atoms with Gasteiger partial charge in [-0.2, -0.15) is 0 Å². The van der Waals surface area contributed by atoms with Crippen molar-refractivity contribution in [3.05, 3.63) is 108 Å². The molecule has 43 heavy (non-hydrogen) atoms. The molecule has 3 heterocycles. The van der Waals surface area contributed by atoms with Crippen molar-refractivity contribution in [2.24, 2.45) is 4.99 Å². The van der Waals surface area contributed by atoms with Crippen LogP contribution in [0.2, 0.25) is 0 Å². The second-order valence-electron chi connectivity index (χ2n) is 9.42. The van der Waals surface area contributed by atoms with E-state index in [2.05, 4.69) is 4.99 Å². The first-order valence-corrected chi connectivity index (χ1v) is 14.1. The molecule has 0 saturated heterocycles. The van der Waals surface area contributed by atoms with Crippen molar-refractivity contribution >= 4 is 35.3 Å². The summed E-state index contributed by atoms with van der Waals surface area (Å²) < 4.78 is 18.5. The second-order valence-corrected chi connectivity index (χ2v) is 10.4. The largest absolute Gasteiger partial charge is 0.494 e. The molecule has 0 radical (unpaired) electrons. The van der Waals surface area contributed by atoms with Crippen LogP contribution in [0.1, 0.15) is 58.9 Å². The molecule has 0 fully saturated rings. The van der Waals surface area contributed by atoms with Gasteiger partial charge in [0.2, 0.25) is 0 Å². The molecule has 1 atom stereocenters. The maximum absolute atomic E-state index is 13.8. The van der Waals surface area contributed by atoms with Crippen LogP contribution in [0.25, 0.3) is 17.4 Å². The summed E-state index contributed by atoms with van der Waals surface area (Å²) in [6.07, 6.45) is 1.52. The first-order valence-electron chi connectivity index (χ1n) is 13.3. The van der Waals surface area contributed by atoms with E-state index in [1.807, 2.05) is 6.92 Å². The number of aromatic carboxylic acids is 2. The van der Waals surface area contributed by atoms with E-state index in [4.69, 9.17) is 13.9 Å². The molecule has 0 unspecified atom stereocenters. The van der Waals surface area contributed by atoms with Crippen LogP contribution in [-0.4, -0.2) is 45.9 Å². The van der Waals surface area contributed by atoms with E-state index in [-0.39, 0.29) is 44.9 Å². The lowest BCUT2D eigenvalue weighted by Gasteiger charge is -2.24. The van der Waals surface area contributed by atoms with Crippen LogP contribution in [0, 0.1) is 0 Å². The number of carbonyl (C=O) groups excluding carboxylic acids is 1. The summed E-state index contributed by atoms with van der Waals surface area (Å²) in [7, 11) is 0. The molecule has 0 aliphatic carbocycles. The molecular formula is C31H26N2O9S. The van der Waals surface area contributed by atoms with Gasteiger partial charge in [0.15, 0.2) is 4.80 Å². The van der Waals surface area contributed by atoms with Crippen LogP contribution in [-0.2, 0) is 9.53 Å². The summed E-state index contributed by atoms with van der Waals surface area (Å²) in [5, 5.41) is 18.8. The van der Waals surface area contributed by atoms with E-state index in [1.54, 1.807) is 50.2 Å². The van der Waals surface area contributed by atoms with Gasteiger partial charge in [-0.25, -0.2) is 19.4 Å². The zero-order valence-electron chi connectivity index (χ0n) is 23.3. The predicted molar refractivity (Wildman–Crippen MR) is 156 cm³/mol. The van der Waals surface area contributed by atoms with Gasteiger partial charge in [-0.05, 0) is 68.8 Å². The summed E-state index contributed by atoms with van der Waals surface area (Å²) in [5.41, 5.74) is 0.781. The van der Waals surface area contributed by atoms with Gasteiger partial charge >= 0.3 is 17.9 Å². The van der Waals surface area contributed by atoms with Crippen LogP contribution in [0.15, 0.2) is 80.1 Å². The molecule has 2 aromatic heterocycles. The fourth-order valence-corrected chi connectivity index (χ4v) is 5.78. The first kappa shape index (κ1) is 29.3. The van der Waals surface area contributed by atoms with E-state index in [0.29, 0.717) is 28.4 Å². The lowest BCUT2D eigenvalue weighted by Crippen LogP contribution is -2.39. The number of ether oxygens (including phenoxy) is 2.